The lowest BCUT2D eigenvalue weighted by Crippen LogP contribution is -2.43. The summed E-state index contributed by atoms with van der Waals surface area (Å²) in [4.78, 5) is 11.1. The van der Waals surface area contributed by atoms with Crippen molar-refractivity contribution in [2.75, 3.05) is 19.7 Å². The number of halogens is 2. The molecule has 0 bridgehead atoms. The van der Waals surface area contributed by atoms with E-state index < -0.39 is 17.4 Å². The van der Waals surface area contributed by atoms with Crippen molar-refractivity contribution in [2.24, 2.45) is 11.1 Å². The van der Waals surface area contributed by atoms with Crippen molar-refractivity contribution < 1.29 is 14.6 Å². The number of hydrogen-bond acceptors (Lipinski definition) is 4. The molecule has 1 aromatic carbocycles. The Morgan fingerprint density at radius 1 is 1.43 bits per heavy atom. The Labute approximate surface area is 134 Å². The summed E-state index contributed by atoms with van der Waals surface area (Å²) in [6.45, 7) is 4.24. The Kier molecular flexibility index (Phi) is 6.74. The maximum atomic E-state index is 11.1. The zero-order valence-electron chi connectivity index (χ0n) is 12.0. The van der Waals surface area contributed by atoms with Crippen molar-refractivity contribution in [1.29, 1.82) is 0 Å². The van der Waals surface area contributed by atoms with Gasteiger partial charge in [-0.2, -0.15) is 0 Å². The van der Waals surface area contributed by atoms with E-state index in [2.05, 4.69) is 5.32 Å². The molecule has 21 heavy (non-hydrogen) atoms. The van der Waals surface area contributed by atoms with Gasteiger partial charge in [0.1, 0.15) is 18.5 Å². The Hall–Kier alpha value is -1.01. The molecule has 0 spiro atoms. The van der Waals surface area contributed by atoms with Crippen LogP contribution in [0.4, 0.5) is 0 Å². The average molecular weight is 335 g/mol. The summed E-state index contributed by atoms with van der Waals surface area (Å²) in [5.74, 6) is 0.137. The molecule has 0 aliphatic heterocycles. The minimum absolute atomic E-state index is 0.0992. The molecule has 0 heterocycles. The molecule has 1 unspecified atom stereocenters. The van der Waals surface area contributed by atoms with E-state index in [1.54, 1.807) is 32.0 Å². The summed E-state index contributed by atoms with van der Waals surface area (Å²) >= 11 is 11.7. The second kappa shape index (κ2) is 7.84. The number of amides is 1. The van der Waals surface area contributed by atoms with Gasteiger partial charge in [0, 0.05) is 19.2 Å². The van der Waals surface area contributed by atoms with Gasteiger partial charge in [-0.1, -0.05) is 23.2 Å². The van der Waals surface area contributed by atoms with E-state index in [-0.39, 0.29) is 13.2 Å². The zero-order chi connectivity index (χ0) is 16.0. The van der Waals surface area contributed by atoms with Crippen LogP contribution < -0.4 is 15.8 Å². The molecule has 1 rings (SSSR count). The molecule has 1 aromatic rings. The quantitative estimate of drug-likeness (QED) is 0.677. The molecule has 118 valence electrons. The van der Waals surface area contributed by atoms with Crippen molar-refractivity contribution in [1.82, 2.24) is 5.32 Å². The third kappa shape index (κ3) is 6.09. The smallest absolute Gasteiger partial charge is 0.224 e. The number of carbonyl (C=O) groups is 1. The molecule has 0 aliphatic carbocycles. The van der Waals surface area contributed by atoms with E-state index in [0.29, 0.717) is 22.3 Å². The van der Waals surface area contributed by atoms with E-state index in [1.807, 2.05) is 0 Å². The van der Waals surface area contributed by atoms with Crippen LogP contribution in [0.15, 0.2) is 18.2 Å². The molecule has 0 saturated heterocycles. The van der Waals surface area contributed by atoms with Crippen LogP contribution in [0.5, 0.6) is 5.75 Å². The lowest BCUT2D eigenvalue weighted by molar-refractivity contribution is -0.125. The molecule has 4 N–H and O–H groups in total. The van der Waals surface area contributed by atoms with E-state index in [9.17, 15) is 9.90 Å². The van der Waals surface area contributed by atoms with E-state index in [4.69, 9.17) is 33.7 Å². The molecule has 0 fully saturated rings. The van der Waals surface area contributed by atoms with Crippen LogP contribution in [-0.2, 0) is 4.79 Å². The van der Waals surface area contributed by atoms with Gasteiger partial charge in [0.2, 0.25) is 5.91 Å². The van der Waals surface area contributed by atoms with Crippen molar-refractivity contribution in [3.8, 4) is 5.75 Å². The summed E-state index contributed by atoms with van der Waals surface area (Å²) in [5.41, 5.74) is 4.60. The fourth-order valence-electron chi connectivity index (χ4n) is 1.46. The molecule has 1 amide bonds. The molecular formula is C14H20Cl2N2O3. The number of aliphatic hydroxyl groups excluding tert-OH is 1. The number of nitrogens with one attached hydrogen (secondary N) is 1. The van der Waals surface area contributed by atoms with E-state index in [0.717, 1.165) is 0 Å². The average Bonchev–Trinajstić information content (AvgIpc) is 2.39. The van der Waals surface area contributed by atoms with Crippen LogP contribution in [0.25, 0.3) is 0 Å². The highest BCUT2D eigenvalue weighted by molar-refractivity contribution is 6.42. The van der Waals surface area contributed by atoms with Crippen molar-refractivity contribution in [3.63, 3.8) is 0 Å². The van der Waals surface area contributed by atoms with Gasteiger partial charge in [-0.15, -0.1) is 0 Å². The number of benzene rings is 1. The molecule has 1 atom stereocenters. The topological polar surface area (TPSA) is 84.6 Å². The highest BCUT2D eigenvalue weighted by Gasteiger charge is 2.24. The number of nitrogens with two attached hydrogens (primary N) is 1. The summed E-state index contributed by atoms with van der Waals surface area (Å²) < 4.78 is 5.41. The predicted molar refractivity (Wildman–Crippen MR) is 83.8 cm³/mol. The maximum absolute atomic E-state index is 11.1. The first kappa shape index (κ1) is 18.0. The van der Waals surface area contributed by atoms with Crippen LogP contribution in [-0.4, -0.2) is 36.8 Å². The van der Waals surface area contributed by atoms with Crippen molar-refractivity contribution >= 4 is 29.1 Å². The second-order valence-electron chi connectivity index (χ2n) is 5.42. The van der Waals surface area contributed by atoms with Crippen LogP contribution in [0, 0.1) is 5.41 Å². The molecular weight excluding hydrogens is 315 g/mol. The summed E-state index contributed by atoms with van der Waals surface area (Å²) in [7, 11) is 0. The Balaban J connectivity index is 2.32. The summed E-state index contributed by atoms with van der Waals surface area (Å²) in [5, 5.41) is 13.6. The number of ether oxygens (including phenoxy) is 1. The third-order valence-corrected chi connectivity index (χ3v) is 3.69. The van der Waals surface area contributed by atoms with Gasteiger partial charge in [0.05, 0.1) is 15.5 Å². The number of aliphatic hydroxyl groups is 1. The predicted octanol–water partition coefficient (Wildman–Crippen LogP) is 1.83. The number of hydrogen-bond donors (Lipinski definition) is 3. The lowest BCUT2D eigenvalue weighted by atomic mass is 9.93. The van der Waals surface area contributed by atoms with E-state index >= 15 is 0 Å². The first-order valence-electron chi connectivity index (χ1n) is 6.49. The highest BCUT2D eigenvalue weighted by Crippen LogP contribution is 2.26. The van der Waals surface area contributed by atoms with Crippen LogP contribution in [0.3, 0.4) is 0 Å². The Morgan fingerprint density at radius 3 is 2.67 bits per heavy atom. The van der Waals surface area contributed by atoms with Gasteiger partial charge in [-0.05, 0) is 26.0 Å². The van der Waals surface area contributed by atoms with Crippen LogP contribution in [0.2, 0.25) is 10.0 Å². The molecule has 0 saturated carbocycles. The lowest BCUT2D eigenvalue weighted by Gasteiger charge is -2.22. The molecule has 7 heteroatoms. The maximum Gasteiger partial charge on any atom is 0.224 e. The Morgan fingerprint density at radius 2 is 2.10 bits per heavy atom. The third-order valence-electron chi connectivity index (χ3n) is 2.95. The summed E-state index contributed by atoms with van der Waals surface area (Å²) in [6.07, 6.45) is -0.719. The first-order valence-corrected chi connectivity index (χ1v) is 7.24. The van der Waals surface area contributed by atoms with Gasteiger partial charge in [-0.3, -0.25) is 4.79 Å². The van der Waals surface area contributed by atoms with Gasteiger partial charge >= 0.3 is 0 Å². The van der Waals surface area contributed by atoms with Gasteiger partial charge in [0.15, 0.2) is 0 Å². The standard InChI is InChI=1S/C14H20Cl2N2O3/c1-14(2,13(17)20)8-18-6-9(19)7-21-10-3-4-11(15)12(16)5-10/h3-5,9,18-19H,6-8H2,1-2H3,(H2,17,20). The zero-order valence-corrected chi connectivity index (χ0v) is 13.5. The summed E-state index contributed by atoms with van der Waals surface area (Å²) in [6, 6.07) is 4.88. The van der Waals surface area contributed by atoms with E-state index in [1.165, 1.54) is 0 Å². The van der Waals surface area contributed by atoms with Gasteiger partial charge in [0.25, 0.3) is 0 Å². The molecule has 0 radical (unpaired) electrons. The van der Waals surface area contributed by atoms with Crippen LogP contribution >= 0.6 is 23.2 Å². The normalized spacial score (nSPS) is 13.0. The minimum Gasteiger partial charge on any atom is -0.491 e. The largest absolute Gasteiger partial charge is 0.491 e. The second-order valence-corrected chi connectivity index (χ2v) is 6.23. The Bertz CT molecular complexity index is 495. The monoisotopic (exact) mass is 334 g/mol. The fourth-order valence-corrected chi connectivity index (χ4v) is 1.74. The first-order chi connectivity index (χ1) is 9.72. The van der Waals surface area contributed by atoms with Crippen molar-refractivity contribution in [3.05, 3.63) is 28.2 Å². The number of primary amides is 1. The SMILES string of the molecule is CC(C)(CNCC(O)COc1ccc(Cl)c(Cl)c1)C(N)=O. The highest BCUT2D eigenvalue weighted by atomic mass is 35.5. The number of carbonyl (C=O) groups excluding carboxylic acids is 1. The number of rotatable bonds is 8. The molecule has 5 nitrogen and oxygen atoms in total. The van der Waals surface area contributed by atoms with Crippen LogP contribution in [0.1, 0.15) is 13.8 Å². The van der Waals surface area contributed by atoms with Crippen molar-refractivity contribution in [2.45, 2.75) is 20.0 Å². The molecule has 0 aromatic heterocycles. The van der Waals surface area contributed by atoms with Gasteiger partial charge in [-0.25, -0.2) is 0 Å². The fraction of sp³-hybridized carbons (Fsp3) is 0.500. The minimum atomic E-state index is -0.719. The molecule has 0 aliphatic rings. The van der Waals surface area contributed by atoms with Gasteiger partial charge < -0.3 is 20.9 Å².